The summed E-state index contributed by atoms with van der Waals surface area (Å²) >= 11 is 0. The van der Waals surface area contributed by atoms with Crippen molar-refractivity contribution in [3.63, 3.8) is 0 Å². The van der Waals surface area contributed by atoms with Crippen molar-refractivity contribution < 1.29 is 4.79 Å². The highest BCUT2D eigenvalue weighted by molar-refractivity contribution is 5.89. The van der Waals surface area contributed by atoms with Crippen molar-refractivity contribution >= 4 is 5.91 Å². The van der Waals surface area contributed by atoms with Crippen LogP contribution >= 0.6 is 0 Å². The van der Waals surface area contributed by atoms with Crippen molar-refractivity contribution in [2.45, 2.75) is 12.5 Å². The Morgan fingerprint density at radius 2 is 2.38 bits per heavy atom. The molecule has 0 unspecified atom stereocenters. The van der Waals surface area contributed by atoms with E-state index in [1.165, 1.54) is 6.42 Å². The van der Waals surface area contributed by atoms with Gasteiger partial charge in [-0.25, -0.2) is 0 Å². The molecule has 0 aromatic heterocycles. The van der Waals surface area contributed by atoms with Crippen LogP contribution in [-0.4, -0.2) is 11.9 Å². The van der Waals surface area contributed by atoms with Gasteiger partial charge >= 0.3 is 0 Å². The number of hydrogen-bond donors (Lipinski definition) is 1. The molecule has 1 saturated heterocycles. The minimum atomic E-state index is 0.314. The molecule has 0 spiro atoms. The summed E-state index contributed by atoms with van der Waals surface area (Å²) in [7, 11) is 0. The first-order chi connectivity index (χ1) is 3.88. The summed E-state index contributed by atoms with van der Waals surface area (Å²) in [6.07, 6.45) is 1.33. The van der Waals surface area contributed by atoms with E-state index in [4.69, 9.17) is 0 Å². The Bertz CT molecular complexity index is 177. The van der Waals surface area contributed by atoms with Crippen LogP contribution in [0.15, 0.2) is 0 Å². The van der Waals surface area contributed by atoms with Crippen LogP contribution in [0.3, 0.4) is 0 Å². The number of fused-ring (bicyclic) bond motifs is 4. The predicted octanol–water partition coefficient (Wildman–Crippen LogP) is -0.249. The largest absolute Gasteiger partial charge is 0.352 e. The fourth-order valence-electron chi connectivity index (χ4n) is 2.17. The normalized spacial score (nSPS) is 63.8. The molecule has 0 aromatic rings. The molecule has 3 aliphatic rings. The Labute approximate surface area is 47.3 Å². The second-order valence-electron chi connectivity index (χ2n) is 3.12. The first kappa shape index (κ1) is 3.49. The molecule has 42 valence electrons. The third-order valence-corrected chi connectivity index (χ3v) is 2.81. The lowest BCUT2D eigenvalue weighted by Crippen LogP contribution is -2.66. The maximum absolute atomic E-state index is 10.6. The minimum absolute atomic E-state index is 0.314. The van der Waals surface area contributed by atoms with Gasteiger partial charge in [-0.05, 0) is 18.3 Å². The van der Waals surface area contributed by atoms with Gasteiger partial charge in [-0.3, -0.25) is 4.79 Å². The molecule has 0 aromatic carbocycles. The van der Waals surface area contributed by atoms with Gasteiger partial charge in [0.1, 0.15) is 0 Å². The number of piperidine rings is 1. The molecule has 1 N–H and O–H groups in total. The van der Waals surface area contributed by atoms with Gasteiger partial charge in [0, 0.05) is 6.04 Å². The third kappa shape index (κ3) is 0.168. The van der Waals surface area contributed by atoms with E-state index >= 15 is 0 Å². The fourth-order valence-corrected chi connectivity index (χ4v) is 2.17. The highest BCUT2D eigenvalue weighted by Gasteiger charge is 2.69. The molecule has 0 radical (unpaired) electrons. The average molecular weight is 109 g/mol. The first-order valence-electron chi connectivity index (χ1n) is 3.18. The topological polar surface area (TPSA) is 29.1 Å². The van der Waals surface area contributed by atoms with E-state index in [1.807, 2.05) is 0 Å². The Morgan fingerprint density at radius 1 is 1.50 bits per heavy atom. The summed E-state index contributed by atoms with van der Waals surface area (Å²) < 4.78 is 0. The van der Waals surface area contributed by atoms with E-state index < -0.39 is 0 Å². The Morgan fingerprint density at radius 3 is 2.88 bits per heavy atom. The molecule has 2 nitrogen and oxygen atoms in total. The smallest absolute Gasteiger partial charge is 0.225 e. The maximum atomic E-state index is 10.6. The summed E-state index contributed by atoms with van der Waals surface area (Å²) in [5.74, 6) is 2.53. The summed E-state index contributed by atoms with van der Waals surface area (Å²) in [5.41, 5.74) is 0. The molecule has 3 rings (SSSR count). The van der Waals surface area contributed by atoms with E-state index in [9.17, 15) is 4.79 Å². The quantitative estimate of drug-likeness (QED) is 0.427. The van der Waals surface area contributed by atoms with Gasteiger partial charge in [-0.1, -0.05) is 0 Å². The van der Waals surface area contributed by atoms with E-state index in [2.05, 4.69) is 5.32 Å². The summed E-state index contributed by atoms with van der Waals surface area (Å²) in [6, 6.07) is 0.632. The maximum Gasteiger partial charge on any atom is 0.225 e. The van der Waals surface area contributed by atoms with E-state index in [-0.39, 0.29) is 0 Å². The summed E-state index contributed by atoms with van der Waals surface area (Å²) in [4.78, 5) is 10.6. The molecule has 2 saturated carbocycles. The Kier molecular flexibility index (Phi) is 0.311. The lowest BCUT2D eigenvalue weighted by atomic mass is 9.73. The van der Waals surface area contributed by atoms with Crippen molar-refractivity contribution in [3.8, 4) is 0 Å². The van der Waals surface area contributed by atoms with Crippen molar-refractivity contribution in [2.24, 2.45) is 17.8 Å². The number of carbonyl (C=O) groups is 1. The Hall–Kier alpha value is -0.530. The lowest BCUT2D eigenvalue weighted by molar-refractivity contribution is -0.142. The summed E-state index contributed by atoms with van der Waals surface area (Å²) in [5, 5.41) is 2.89. The standard InChI is InChI=1S/C6H7NO/c8-6-4-2-1-3(2)5(4)7-6/h2-5H,1H2,(H,7,8)/t2-,3+,4+,5-/m1/s1. The first-order valence-corrected chi connectivity index (χ1v) is 3.18. The Balaban J connectivity index is 1.98. The van der Waals surface area contributed by atoms with E-state index in [1.54, 1.807) is 0 Å². The molecule has 2 aliphatic carbocycles. The predicted molar refractivity (Wildman–Crippen MR) is 27.0 cm³/mol. The second kappa shape index (κ2) is 0.714. The van der Waals surface area contributed by atoms with Crippen LogP contribution in [0.1, 0.15) is 6.42 Å². The van der Waals surface area contributed by atoms with Crippen molar-refractivity contribution in [1.82, 2.24) is 5.32 Å². The molecule has 0 bridgehead atoms. The molecule has 8 heavy (non-hydrogen) atoms. The molecule has 1 heterocycles. The van der Waals surface area contributed by atoms with Gasteiger partial charge in [0.25, 0.3) is 0 Å². The zero-order valence-electron chi connectivity index (χ0n) is 4.42. The van der Waals surface area contributed by atoms with Crippen molar-refractivity contribution in [1.29, 1.82) is 0 Å². The number of hydrogen-bond acceptors (Lipinski definition) is 1. The second-order valence-corrected chi connectivity index (χ2v) is 3.12. The van der Waals surface area contributed by atoms with Crippen LogP contribution in [0.4, 0.5) is 0 Å². The summed E-state index contributed by atoms with van der Waals surface area (Å²) in [6.45, 7) is 0. The average Bonchev–Trinajstić information content (AvgIpc) is 2.33. The van der Waals surface area contributed by atoms with Crippen LogP contribution < -0.4 is 5.32 Å². The number of rotatable bonds is 0. The molecule has 2 heteroatoms. The number of carbonyl (C=O) groups excluding carboxylic acids is 1. The molecular weight excluding hydrogens is 102 g/mol. The van der Waals surface area contributed by atoms with Crippen LogP contribution in [-0.2, 0) is 4.79 Å². The van der Waals surface area contributed by atoms with Gasteiger partial charge in [-0.2, -0.15) is 0 Å². The molecule has 1 aliphatic heterocycles. The SMILES string of the molecule is O=C1N[C@@H]2[C@H]3C[C@H]3[C@H]12. The van der Waals surface area contributed by atoms with Crippen LogP contribution in [0.2, 0.25) is 0 Å². The fraction of sp³-hybridized carbons (Fsp3) is 0.833. The molecular formula is C6H7NO. The van der Waals surface area contributed by atoms with Crippen molar-refractivity contribution in [3.05, 3.63) is 0 Å². The van der Waals surface area contributed by atoms with Gasteiger partial charge in [0.15, 0.2) is 0 Å². The monoisotopic (exact) mass is 109 g/mol. The molecule has 3 fully saturated rings. The lowest BCUT2D eigenvalue weighted by Gasteiger charge is -2.44. The van der Waals surface area contributed by atoms with Gasteiger partial charge < -0.3 is 5.32 Å². The highest BCUT2D eigenvalue weighted by Crippen LogP contribution is 2.63. The van der Waals surface area contributed by atoms with Gasteiger partial charge in [0.05, 0.1) is 5.92 Å². The van der Waals surface area contributed by atoms with Crippen molar-refractivity contribution in [2.75, 3.05) is 0 Å². The number of amides is 1. The van der Waals surface area contributed by atoms with E-state index in [0.717, 1.165) is 11.8 Å². The van der Waals surface area contributed by atoms with E-state index in [0.29, 0.717) is 17.9 Å². The minimum Gasteiger partial charge on any atom is -0.352 e. The van der Waals surface area contributed by atoms with Gasteiger partial charge in [-0.15, -0.1) is 0 Å². The van der Waals surface area contributed by atoms with Gasteiger partial charge in [0.2, 0.25) is 5.91 Å². The molecule has 4 atom stereocenters. The zero-order chi connectivity index (χ0) is 5.30. The third-order valence-electron chi connectivity index (χ3n) is 2.81. The number of nitrogens with one attached hydrogen (secondary N) is 1. The molecule has 1 amide bonds. The van der Waals surface area contributed by atoms with Crippen LogP contribution in [0, 0.1) is 17.8 Å². The van der Waals surface area contributed by atoms with Crippen LogP contribution in [0.25, 0.3) is 0 Å². The highest BCUT2D eigenvalue weighted by atomic mass is 16.2. The zero-order valence-corrected chi connectivity index (χ0v) is 4.42. The van der Waals surface area contributed by atoms with Crippen LogP contribution in [0.5, 0.6) is 0 Å². The number of β-lactam (4-membered cyclic amide) rings is 1.